The highest BCUT2D eigenvalue weighted by Gasteiger charge is 2.21. The van der Waals surface area contributed by atoms with Crippen LogP contribution in [0.1, 0.15) is 31.7 Å². The van der Waals surface area contributed by atoms with Crippen LogP contribution in [0.4, 0.5) is 5.95 Å². The molecule has 5 nitrogen and oxygen atoms in total. The molecule has 2 rings (SSSR count). The molecule has 0 aromatic carbocycles. The van der Waals surface area contributed by atoms with E-state index >= 15 is 0 Å². The van der Waals surface area contributed by atoms with Gasteiger partial charge >= 0.3 is 0 Å². The van der Waals surface area contributed by atoms with E-state index in [-0.39, 0.29) is 6.10 Å². The van der Waals surface area contributed by atoms with Gasteiger partial charge in [0.25, 0.3) is 0 Å². The Labute approximate surface area is 76.6 Å². The number of nitrogens with two attached hydrogens (primary N) is 1. The van der Waals surface area contributed by atoms with Crippen LogP contribution < -0.4 is 5.73 Å². The van der Waals surface area contributed by atoms with Crippen LogP contribution in [0.25, 0.3) is 0 Å². The van der Waals surface area contributed by atoms with Gasteiger partial charge in [-0.3, -0.25) is 0 Å². The molecule has 0 radical (unpaired) electrons. The third-order valence-electron chi connectivity index (χ3n) is 2.57. The van der Waals surface area contributed by atoms with E-state index < -0.39 is 0 Å². The molecule has 0 saturated heterocycles. The molecule has 5 heteroatoms. The lowest BCUT2D eigenvalue weighted by Gasteiger charge is -2.24. The van der Waals surface area contributed by atoms with Gasteiger partial charge in [-0.1, -0.05) is 0 Å². The van der Waals surface area contributed by atoms with Gasteiger partial charge in [-0.2, -0.15) is 0 Å². The topological polar surface area (TPSA) is 77.0 Å². The second-order valence-electron chi connectivity index (χ2n) is 3.55. The van der Waals surface area contributed by atoms with Gasteiger partial charge < -0.3 is 10.8 Å². The molecule has 1 aliphatic rings. The Kier molecular flexibility index (Phi) is 2.18. The average Bonchev–Trinajstić information content (AvgIpc) is 2.53. The lowest BCUT2D eigenvalue weighted by atomic mass is 9.93. The quantitative estimate of drug-likeness (QED) is 0.656. The zero-order valence-corrected chi connectivity index (χ0v) is 7.43. The molecule has 0 aliphatic heterocycles. The summed E-state index contributed by atoms with van der Waals surface area (Å²) in [7, 11) is 0. The first-order valence-electron chi connectivity index (χ1n) is 4.60. The molecule has 1 aliphatic carbocycles. The van der Waals surface area contributed by atoms with Crippen molar-refractivity contribution in [3.05, 3.63) is 6.33 Å². The lowest BCUT2D eigenvalue weighted by molar-refractivity contribution is 0.108. The molecular weight excluding hydrogens is 168 g/mol. The average molecular weight is 182 g/mol. The maximum absolute atomic E-state index is 9.31. The molecule has 1 saturated carbocycles. The second kappa shape index (κ2) is 3.33. The predicted molar refractivity (Wildman–Crippen MR) is 47.9 cm³/mol. The van der Waals surface area contributed by atoms with E-state index in [1.807, 2.05) is 0 Å². The van der Waals surface area contributed by atoms with Gasteiger partial charge in [-0.25, -0.2) is 9.67 Å². The van der Waals surface area contributed by atoms with Crippen molar-refractivity contribution in [3.8, 4) is 0 Å². The molecule has 0 spiro atoms. The summed E-state index contributed by atoms with van der Waals surface area (Å²) in [6.07, 6.45) is 5.16. The van der Waals surface area contributed by atoms with Crippen molar-refractivity contribution in [3.63, 3.8) is 0 Å². The van der Waals surface area contributed by atoms with Crippen molar-refractivity contribution in [2.24, 2.45) is 0 Å². The second-order valence-corrected chi connectivity index (χ2v) is 3.55. The summed E-state index contributed by atoms with van der Waals surface area (Å²) in [5, 5.41) is 13.4. The Hall–Kier alpha value is -1.10. The maximum Gasteiger partial charge on any atom is 0.239 e. The van der Waals surface area contributed by atoms with Crippen molar-refractivity contribution < 1.29 is 5.11 Å². The Balaban J connectivity index is 2.02. The number of nitrogen functional groups attached to an aromatic ring is 1. The van der Waals surface area contributed by atoms with E-state index in [1.54, 1.807) is 11.0 Å². The molecule has 0 amide bonds. The molecule has 0 bridgehead atoms. The molecule has 1 aromatic heterocycles. The summed E-state index contributed by atoms with van der Waals surface area (Å²) >= 11 is 0. The number of aromatic nitrogens is 3. The SMILES string of the molecule is Nc1ncn(C2CCC(O)CC2)n1. The van der Waals surface area contributed by atoms with Crippen LogP contribution in [-0.2, 0) is 0 Å². The monoisotopic (exact) mass is 182 g/mol. The van der Waals surface area contributed by atoms with E-state index in [9.17, 15) is 5.11 Å². The summed E-state index contributed by atoms with van der Waals surface area (Å²) in [5.74, 6) is 0.325. The summed E-state index contributed by atoms with van der Waals surface area (Å²) in [4.78, 5) is 3.88. The molecule has 1 heterocycles. The van der Waals surface area contributed by atoms with Gasteiger partial charge in [-0.05, 0) is 25.7 Å². The molecule has 13 heavy (non-hydrogen) atoms. The van der Waals surface area contributed by atoms with Crippen molar-refractivity contribution in [2.75, 3.05) is 5.73 Å². The smallest absolute Gasteiger partial charge is 0.239 e. The first-order valence-corrected chi connectivity index (χ1v) is 4.60. The van der Waals surface area contributed by atoms with Crippen LogP contribution in [0.2, 0.25) is 0 Å². The Morgan fingerprint density at radius 1 is 1.38 bits per heavy atom. The fraction of sp³-hybridized carbons (Fsp3) is 0.750. The van der Waals surface area contributed by atoms with Gasteiger partial charge in [0.1, 0.15) is 6.33 Å². The van der Waals surface area contributed by atoms with Crippen LogP contribution in [0.3, 0.4) is 0 Å². The Morgan fingerprint density at radius 3 is 2.62 bits per heavy atom. The van der Waals surface area contributed by atoms with E-state index in [1.165, 1.54) is 0 Å². The molecule has 1 aromatic rings. The normalized spacial score (nSPS) is 29.0. The summed E-state index contributed by atoms with van der Waals surface area (Å²) in [6.45, 7) is 0. The van der Waals surface area contributed by atoms with Crippen molar-refractivity contribution in [2.45, 2.75) is 37.8 Å². The van der Waals surface area contributed by atoms with Crippen LogP contribution in [0.5, 0.6) is 0 Å². The first kappa shape index (κ1) is 8.50. The third-order valence-corrected chi connectivity index (χ3v) is 2.57. The number of anilines is 1. The number of hydrogen-bond acceptors (Lipinski definition) is 4. The third kappa shape index (κ3) is 1.80. The molecule has 0 atom stereocenters. The van der Waals surface area contributed by atoms with Gasteiger partial charge in [0.15, 0.2) is 0 Å². The molecule has 1 fully saturated rings. The summed E-state index contributed by atoms with van der Waals surface area (Å²) in [6, 6.07) is 0.369. The highest BCUT2D eigenvalue weighted by Crippen LogP contribution is 2.27. The molecular formula is C8H14N4O. The van der Waals surface area contributed by atoms with Gasteiger partial charge in [0, 0.05) is 0 Å². The fourth-order valence-corrected chi connectivity index (χ4v) is 1.79. The zero-order valence-electron chi connectivity index (χ0n) is 7.43. The maximum atomic E-state index is 9.31. The predicted octanol–water partition coefficient (Wildman–Crippen LogP) is 0.336. The van der Waals surface area contributed by atoms with Gasteiger partial charge in [-0.15, -0.1) is 5.10 Å². The van der Waals surface area contributed by atoms with Crippen LogP contribution in [0.15, 0.2) is 6.33 Å². The number of aliphatic hydroxyl groups is 1. The lowest BCUT2D eigenvalue weighted by Crippen LogP contribution is -2.21. The summed E-state index contributed by atoms with van der Waals surface area (Å²) < 4.78 is 1.81. The Morgan fingerprint density at radius 2 is 2.08 bits per heavy atom. The van der Waals surface area contributed by atoms with E-state index in [2.05, 4.69) is 10.1 Å². The number of hydrogen-bond donors (Lipinski definition) is 2. The largest absolute Gasteiger partial charge is 0.393 e. The highest BCUT2D eigenvalue weighted by atomic mass is 16.3. The van der Waals surface area contributed by atoms with E-state index in [0.29, 0.717) is 12.0 Å². The first-order chi connectivity index (χ1) is 6.25. The minimum absolute atomic E-state index is 0.128. The van der Waals surface area contributed by atoms with Crippen LogP contribution in [0, 0.1) is 0 Å². The Bertz CT molecular complexity index is 277. The number of aliphatic hydroxyl groups excluding tert-OH is 1. The van der Waals surface area contributed by atoms with Crippen LogP contribution in [-0.4, -0.2) is 26.0 Å². The van der Waals surface area contributed by atoms with Crippen molar-refractivity contribution in [1.29, 1.82) is 0 Å². The fourth-order valence-electron chi connectivity index (χ4n) is 1.79. The minimum atomic E-state index is -0.128. The van der Waals surface area contributed by atoms with Crippen LogP contribution >= 0.6 is 0 Å². The van der Waals surface area contributed by atoms with Gasteiger partial charge in [0.2, 0.25) is 5.95 Å². The highest BCUT2D eigenvalue weighted by molar-refractivity contribution is 5.09. The van der Waals surface area contributed by atoms with Gasteiger partial charge in [0.05, 0.1) is 12.1 Å². The molecule has 72 valence electrons. The van der Waals surface area contributed by atoms with Crippen molar-refractivity contribution >= 4 is 5.95 Å². The molecule has 0 unspecified atom stereocenters. The number of rotatable bonds is 1. The minimum Gasteiger partial charge on any atom is -0.393 e. The van der Waals surface area contributed by atoms with E-state index in [4.69, 9.17) is 5.73 Å². The van der Waals surface area contributed by atoms with E-state index in [0.717, 1.165) is 25.7 Å². The summed E-state index contributed by atoms with van der Waals surface area (Å²) in [5.41, 5.74) is 5.42. The number of nitrogens with zero attached hydrogens (tertiary/aromatic N) is 3. The van der Waals surface area contributed by atoms with Crippen molar-refractivity contribution in [1.82, 2.24) is 14.8 Å². The zero-order chi connectivity index (χ0) is 9.26. The molecule has 3 N–H and O–H groups in total. The standard InChI is InChI=1S/C8H14N4O/c9-8-10-5-12(11-8)6-1-3-7(13)4-2-6/h5-7,13H,1-4H2,(H2,9,11).